The highest BCUT2D eigenvalue weighted by Gasteiger charge is 2.10. The molecular weight excluding hydrogens is 358 g/mol. The molecule has 0 radical (unpaired) electrons. The molecule has 0 spiro atoms. The number of nitrogens with one attached hydrogen (secondary N) is 1. The lowest BCUT2D eigenvalue weighted by Crippen LogP contribution is -2.26. The van der Waals surface area contributed by atoms with Crippen LogP contribution in [0.5, 0.6) is 0 Å². The van der Waals surface area contributed by atoms with E-state index in [4.69, 9.17) is 11.6 Å². The third-order valence-electron chi connectivity index (χ3n) is 3.20. The summed E-state index contributed by atoms with van der Waals surface area (Å²) < 4.78 is 0. The third kappa shape index (κ3) is 6.27. The number of hydrogen-bond donors (Lipinski definition) is 1. The molecule has 1 N–H and O–H groups in total. The average molecular weight is 378 g/mol. The van der Waals surface area contributed by atoms with Crippen LogP contribution in [0.3, 0.4) is 0 Å². The van der Waals surface area contributed by atoms with Gasteiger partial charge in [-0.15, -0.1) is 18.3 Å². The number of amides is 1. The van der Waals surface area contributed by atoms with Gasteiger partial charge in [-0.1, -0.05) is 41.9 Å². The molecule has 0 saturated heterocycles. The van der Waals surface area contributed by atoms with E-state index >= 15 is 0 Å². The summed E-state index contributed by atoms with van der Waals surface area (Å²) in [6.45, 7) is 4.37. The molecule has 2 rings (SSSR count). The maximum Gasteiger partial charge on any atom is 0.252 e. The Morgan fingerprint density at radius 3 is 2.67 bits per heavy atom. The summed E-state index contributed by atoms with van der Waals surface area (Å²) in [4.78, 5) is 13.3. The van der Waals surface area contributed by atoms with Gasteiger partial charge in [0.2, 0.25) is 0 Å². The summed E-state index contributed by atoms with van der Waals surface area (Å²) in [5.41, 5.74) is 1.97. The van der Waals surface area contributed by atoms with E-state index in [1.807, 2.05) is 54.6 Å². The first-order valence-corrected chi connectivity index (χ1v) is 10.2. The standard InChI is InChI=1S/C19H20ClNOS2/c1-2-12-24-18-6-4-3-5-17(18)19(22)21-11-13-23-14-15-7-9-16(20)10-8-15/h2-10H,1,11-14H2,(H,21,22). The molecule has 0 unspecified atom stereocenters. The van der Waals surface area contributed by atoms with E-state index in [1.165, 1.54) is 5.56 Å². The lowest BCUT2D eigenvalue weighted by Gasteiger charge is -2.09. The molecule has 2 nitrogen and oxygen atoms in total. The highest BCUT2D eigenvalue weighted by atomic mass is 35.5. The first-order chi connectivity index (χ1) is 11.7. The molecule has 0 aromatic heterocycles. The zero-order valence-corrected chi connectivity index (χ0v) is 15.7. The van der Waals surface area contributed by atoms with Crippen molar-refractivity contribution in [3.05, 3.63) is 77.3 Å². The molecular formula is C19H20ClNOS2. The minimum Gasteiger partial charge on any atom is -0.351 e. The van der Waals surface area contributed by atoms with E-state index in [-0.39, 0.29) is 5.91 Å². The summed E-state index contributed by atoms with van der Waals surface area (Å²) >= 11 is 9.29. The van der Waals surface area contributed by atoms with E-state index in [1.54, 1.807) is 23.5 Å². The van der Waals surface area contributed by atoms with Crippen LogP contribution >= 0.6 is 35.1 Å². The fourth-order valence-electron chi connectivity index (χ4n) is 2.03. The van der Waals surface area contributed by atoms with Crippen molar-refractivity contribution < 1.29 is 4.79 Å². The zero-order valence-electron chi connectivity index (χ0n) is 13.3. The van der Waals surface area contributed by atoms with E-state index in [2.05, 4.69) is 11.9 Å². The first-order valence-electron chi connectivity index (χ1n) is 7.64. The first kappa shape index (κ1) is 19.0. The van der Waals surface area contributed by atoms with Crippen LogP contribution in [0.1, 0.15) is 15.9 Å². The Balaban J connectivity index is 1.75. The predicted octanol–water partition coefficient (Wildman–Crippen LogP) is 5.28. The Morgan fingerprint density at radius 1 is 1.17 bits per heavy atom. The van der Waals surface area contributed by atoms with Gasteiger partial charge < -0.3 is 5.32 Å². The van der Waals surface area contributed by atoms with Crippen molar-refractivity contribution in [2.24, 2.45) is 0 Å². The van der Waals surface area contributed by atoms with Crippen molar-refractivity contribution in [3.8, 4) is 0 Å². The maximum atomic E-state index is 12.3. The molecule has 1 amide bonds. The van der Waals surface area contributed by atoms with Crippen molar-refractivity contribution in [2.75, 3.05) is 18.1 Å². The summed E-state index contributed by atoms with van der Waals surface area (Å²) in [5.74, 6) is 2.56. The van der Waals surface area contributed by atoms with Crippen molar-refractivity contribution in [3.63, 3.8) is 0 Å². The van der Waals surface area contributed by atoms with Crippen LogP contribution in [0.4, 0.5) is 0 Å². The molecule has 0 aliphatic carbocycles. The second-order valence-corrected chi connectivity index (χ2v) is 7.63. The zero-order chi connectivity index (χ0) is 17.2. The lowest BCUT2D eigenvalue weighted by molar-refractivity contribution is 0.0953. The Labute approximate surface area is 157 Å². The van der Waals surface area contributed by atoms with Crippen LogP contribution in [-0.4, -0.2) is 24.0 Å². The van der Waals surface area contributed by atoms with Crippen molar-refractivity contribution >= 4 is 41.0 Å². The minimum absolute atomic E-state index is 0.0192. The van der Waals surface area contributed by atoms with Crippen LogP contribution < -0.4 is 5.32 Å². The smallest absolute Gasteiger partial charge is 0.252 e. The van der Waals surface area contributed by atoms with Crippen LogP contribution in [0.2, 0.25) is 5.02 Å². The second-order valence-electron chi connectivity index (χ2n) is 5.03. The number of carbonyl (C=O) groups excluding carboxylic acids is 1. The molecule has 0 fully saturated rings. The van der Waals surface area contributed by atoms with Gasteiger partial charge in [0.15, 0.2) is 0 Å². The average Bonchev–Trinajstić information content (AvgIpc) is 2.61. The van der Waals surface area contributed by atoms with E-state index in [0.717, 1.165) is 32.7 Å². The summed E-state index contributed by atoms with van der Waals surface area (Å²) in [6.07, 6.45) is 1.84. The second kappa shape index (κ2) is 10.5. The molecule has 0 atom stereocenters. The van der Waals surface area contributed by atoms with E-state index in [9.17, 15) is 4.79 Å². The highest BCUT2D eigenvalue weighted by molar-refractivity contribution is 7.99. The molecule has 0 bridgehead atoms. The van der Waals surface area contributed by atoms with Crippen molar-refractivity contribution in [1.82, 2.24) is 5.32 Å². The Morgan fingerprint density at radius 2 is 1.92 bits per heavy atom. The van der Waals surface area contributed by atoms with Gasteiger partial charge in [-0.25, -0.2) is 0 Å². The van der Waals surface area contributed by atoms with Gasteiger partial charge in [0, 0.05) is 33.7 Å². The number of benzene rings is 2. The van der Waals surface area contributed by atoms with E-state index in [0.29, 0.717) is 6.54 Å². The SMILES string of the molecule is C=CCSc1ccccc1C(=O)NCCSCc1ccc(Cl)cc1. The molecule has 2 aromatic carbocycles. The summed E-state index contributed by atoms with van der Waals surface area (Å²) in [5, 5.41) is 3.74. The summed E-state index contributed by atoms with van der Waals surface area (Å²) in [7, 11) is 0. The maximum absolute atomic E-state index is 12.3. The molecule has 0 heterocycles. The number of hydrogen-bond acceptors (Lipinski definition) is 3. The van der Waals surface area contributed by atoms with Crippen LogP contribution in [0.25, 0.3) is 0 Å². The Kier molecular flexibility index (Phi) is 8.29. The predicted molar refractivity (Wildman–Crippen MR) is 107 cm³/mol. The van der Waals surface area contributed by atoms with Gasteiger partial charge in [0.05, 0.1) is 5.56 Å². The van der Waals surface area contributed by atoms with Crippen molar-refractivity contribution in [2.45, 2.75) is 10.6 Å². The fraction of sp³-hybridized carbons (Fsp3) is 0.211. The molecule has 0 saturated carbocycles. The normalized spacial score (nSPS) is 10.4. The largest absolute Gasteiger partial charge is 0.351 e. The molecule has 126 valence electrons. The lowest BCUT2D eigenvalue weighted by atomic mass is 10.2. The van der Waals surface area contributed by atoms with Gasteiger partial charge in [0.1, 0.15) is 0 Å². The Bertz CT molecular complexity index is 673. The molecule has 2 aromatic rings. The fourth-order valence-corrected chi connectivity index (χ4v) is 3.76. The number of thioether (sulfide) groups is 2. The molecule has 24 heavy (non-hydrogen) atoms. The van der Waals surface area contributed by atoms with Gasteiger partial charge in [-0.05, 0) is 29.8 Å². The number of carbonyl (C=O) groups is 1. The van der Waals surface area contributed by atoms with Crippen LogP contribution in [0, 0.1) is 0 Å². The van der Waals surface area contributed by atoms with Gasteiger partial charge in [-0.2, -0.15) is 11.8 Å². The third-order valence-corrected chi connectivity index (χ3v) is 5.55. The number of rotatable bonds is 9. The monoisotopic (exact) mass is 377 g/mol. The van der Waals surface area contributed by atoms with Gasteiger partial charge in [-0.3, -0.25) is 4.79 Å². The molecule has 0 aliphatic heterocycles. The van der Waals surface area contributed by atoms with Gasteiger partial charge >= 0.3 is 0 Å². The van der Waals surface area contributed by atoms with E-state index < -0.39 is 0 Å². The topological polar surface area (TPSA) is 29.1 Å². The Hall–Kier alpha value is -1.36. The van der Waals surface area contributed by atoms with Crippen LogP contribution in [0.15, 0.2) is 66.1 Å². The number of halogens is 1. The van der Waals surface area contributed by atoms with Gasteiger partial charge in [0.25, 0.3) is 5.91 Å². The van der Waals surface area contributed by atoms with Crippen molar-refractivity contribution in [1.29, 1.82) is 0 Å². The minimum atomic E-state index is -0.0192. The summed E-state index contributed by atoms with van der Waals surface area (Å²) in [6, 6.07) is 15.5. The quantitative estimate of drug-likeness (QED) is 0.366. The molecule has 0 aliphatic rings. The molecule has 5 heteroatoms. The highest BCUT2D eigenvalue weighted by Crippen LogP contribution is 2.22. The van der Waals surface area contributed by atoms with Crippen LogP contribution in [-0.2, 0) is 5.75 Å².